The predicted octanol–water partition coefficient (Wildman–Crippen LogP) is 1.66. The minimum absolute atomic E-state index is 0.336. The second kappa shape index (κ2) is 1.61. The zero-order valence-corrected chi connectivity index (χ0v) is 5.26. The van der Waals surface area contributed by atoms with E-state index in [0.29, 0.717) is 6.10 Å². The molecule has 0 saturated carbocycles. The van der Waals surface area contributed by atoms with Crippen molar-refractivity contribution in [1.29, 1.82) is 0 Å². The molecular formula is C7H8O2. The van der Waals surface area contributed by atoms with Crippen LogP contribution >= 0.6 is 0 Å². The first-order valence-electron chi connectivity index (χ1n) is 3.03. The van der Waals surface area contributed by atoms with Crippen molar-refractivity contribution in [1.82, 2.24) is 0 Å². The Morgan fingerprint density at radius 2 is 2.44 bits per heavy atom. The summed E-state index contributed by atoms with van der Waals surface area (Å²) >= 11 is 0. The second-order valence-corrected chi connectivity index (χ2v) is 2.31. The van der Waals surface area contributed by atoms with Crippen molar-refractivity contribution in [3.63, 3.8) is 0 Å². The number of aryl methyl sites for hydroxylation is 1. The highest BCUT2D eigenvalue weighted by atomic mass is 16.6. The number of rotatable bonds is 1. The van der Waals surface area contributed by atoms with Crippen LogP contribution in [0.2, 0.25) is 0 Å². The van der Waals surface area contributed by atoms with Gasteiger partial charge in [0.05, 0.1) is 12.9 Å². The monoisotopic (exact) mass is 124 g/mol. The standard InChI is InChI=1S/C7H8O2/c1-5-2-6(3-8-5)7-4-9-7/h2-3,7H,4H2,1H3. The summed E-state index contributed by atoms with van der Waals surface area (Å²) in [5, 5.41) is 0. The average molecular weight is 124 g/mol. The first-order valence-corrected chi connectivity index (χ1v) is 3.03. The Morgan fingerprint density at radius 1 is 1.67 bits per heavy atom. The molecule has 2 heterocycles. The first-order chi connectivity index (χ1) is 4.36. The van der Waals surface area contributed by atoms with E-state index < -0.39 is 0 Å². The van der Waals surface area contributed by atoms with Crippen LogP contribution in [-0.4, -0.2) is 6.61 Å². The lowest BCUT2D eigenvalue weighted by molar-refractivity contribution is 0.413. The first kappa shape index (κ1) is 5.06. The summed E-state index contributed by atoms with van der Waals surface area (Å²) in [5.74, 6) is 0.959. The third-order valence-corrected chi connectivity index (χ3v) is 1.46. The third-order valence-electron chi connectivity index (χ3n) is 1.46. The van der Waals surface area contributed by atoms with Crippen molar-refractivity contribution in [2.75, 3.05) is 6.61 Å². The molecule has 1 saturated heterocycles. The topological polar surface area (TPSA) is 25.7 Å². The van der Waals surface area contributed by atoms with Gasteiger partial charge in [0.2, 0.25) is 0 Å². The number of hydrogen-bond acceptors (Lipinski definition) is 2. The Balaban J connectivity index is 2.28. The minimum atomic E-state index is 0.336. The van der Waals surface area contributed by atoms with Crippen LogP contribution in [0.5, 0.6) is 0 Å². The fourth-order valence-electron chi connectivity index (χ4n) is 0.873. The van der Waals surface area contributed by atoms with E-state index in [1.807, 2.05) is 13.0 Å². The number of epoxide rings is 1. The zero-order valence-electron chi connectivity index (χ0n) is 5.26. The van der Waals surface area contributed by atoms with E-state index in [4.69, 9.17) is 9.15 Å². The van der Waals surface area contributed by atoms with Crippen molar-refractivity contribution in [2.24, 2.45) is 0 Å². The molecule has 0 radical (unpaired) electrons. The molecule has 2 nitrogen and oxygen atoms in total. The van der Waals surface area contributed by atoms with Gasteiger partial charge in [-0.2, -0.15) is 0 Å². The maximum absolute atomic E-state index is 5.09. The molecule has 1 aliphatic rings. The highest BCUT2D eigenvalue weighted by molar-refractivity contribution is 5.17. The third kappa shape index (κ3) is 0.856. The smallest absolute Gasteiger partial charge is 0.109 e. The number of ether oxygens (including phenoxy) is 1. The van der Waals surface area contributed by atoms with Gasteiger partial charge in [-0.05, 0) is 13.0 Å². The molecule has 0 amide bonds. The molecule has 1 atom stereocenters. The van der Waals surface area contributed by atoms with Crippen LogP contribution in [0, 0.1) is 6.92 Å². The molecule has 1 aromatic heterocycles. The molecule has 2 heteroatoms. The highest BCUT2D eigenvalue weighted by Gasteiger charge is 2.25. The van der Waals surface area contributed by atoms with Crippen LogP contribution in [0.3, 0.4) is 0 Å². The summed E-state index contributed by atoms with van der Waals surface area (Å²) in [4.78, 5) is 0. The molecule has 1 aliphatic heterocycles. The van der Waals surface area contributed by atoms with Gasteiger partial charge in [-0.25, -0.2) is 0 Å². The molecule has 2 rings (SSSR count). The Morgan fingerprint density at radius 3 is 2.89 bits per heavy atom. The molecule has 0 aliphatic carbocycles. The van der Waals surface area contributed by atoms with E-state index >= 15 is 0 Å². The summed E-state index contributed by atoms with van der Waals surface area (Å²) in [6, 6.07) is 2.01. The van der Waals surface area contributed by atoms with Gasteiger partial charge < -0.3 is 9.15 Å². The van der Waals surface area contributed by atoms with Crippen LogP contribution < -0.4 is 0 Å². The fourth-order valence-corrected chi connectivity index (χ4v) is 0.873. The molecule has 9 heavy (non-hydrogen) atoms. The average Bonchev–Trinajstić information content (AvgIpc) is 2.58. The number of furan rings is 1. The zero-order chi connectivity index (χ0) is 6.27. The molecule has 0 spiro atoms. The predicted molar refractivity (Wildman–Crippen MR) is 32.1 cm³/mol. The van der Waals surface area contributed by atoms with Crippen LogP contribution in [0.15, 0.2) is 16.7 Å². The van der Waals surface area contributed by atoms with Crippen LogP contribution in [0.4, 0.5) is 0 Å². The van der Waals surface area contributed by atoms with Crippen molar-refractivity contribution in [3.8, 4) is 0 Å². The maximum Gasteiger partial charge on any atom is 0.109 e. The summed E-state index contributed by atoms with van der Waals surface area (Å²) in [5.41, 5.74) is 1.17. The van der Waals surface area contributed by atoms with Crippen molar-refractivity contribution >= 4 is 0 Å². The molecule has 0 aromatic carbocycles. The largest absolute Gasteiger partial charge is 0.469 e. The van der Waals surface area contributed by atoms with Crippen molar-refractivity contribution < 1.29 is 9.15 Å². The molecule has 1 unspecified atom stereocenters. The van der Waals surface area contributed by atoms with Crippen LogP contribution in [-0.2, 0) is 4.74 Å². The van der Waals surface area contributed by atoms with Crippen LogP contribution in [0.1, 0.15) is 17.4 Å². The van der Waals surface area contributed by atoms with Gasteiger partial charge in [0.1, 0.15) is 11.9 Å². The van der Waals surface area contributed by atoms with Gasteiger partial charge in [0.15, 0.2) is 0 Å². The SMILES string of the molecule is Cc1cc(C2CO2)co1. The van der Waals surface area contributed by atoms with Gasteiger partial charge in [-0.15, -0.1) is 0 Å². The van der Waals surface area contributed by atoms with Gasteiger partial charge in [-0.3, -0.25) is 0 Å². The summed E-state index contributed by atoms with van der Waals surface area (Å²) in [6.07, 6.45) is 2.09. The van der Waals surface area contributed by atoms with E-state index in [2.05, 4.69) is 0 Å². The summed E-state index contributed by atoms with van der Waals surface area (Å²) < 4.78 is 10.1. The molecule has 1 aromatic rings. The fraction of sp³-hybridized carbons (Fsp3) is 0.429. The molecule has 0 bridgehead atoms. The number of hydrogen-bond donors (Lipinski definition) is 0. The lowest BCUT2D eigenvalue weighted by atomic mass is 10.2. The Hall–Kier alpha value is -0.760. The summed E-state index contributed by atoms with van der Waals surface area (Å²) in [6.45, 7) is 2.80. The van der Waals surface area contributed by atoms with Gasteiger partial charge in [0, 0.05) is 5.56 Å². The van der Waals surface area contributed by atoms with E-state index in [-0.39, 0.29) is 0 Å². The van der Waals surface area contributed by atoms with Crippen molar-refractivity contribution in [2.45, 2.75) is 13.0 Å². The van der Waals surface area contributed by atoms with Gasteiger partial charge in [0.25, 0.3) is 0 Å². The quantitative estimate of drug-likeness (QED) is 0.532. The maximum atomic E-state index is 5.09. The van der Waals surface area contributed by atoms with Crippen LogP contribution in [0.25, 0.3) is 0 Å². The molecular weight excluding hydrogens is 116 g/mol. The lowest BCUT2D eigenvalue weighted by Crippen LogP contribution is -1.70. The molecule has 48 valence electrons. The second-order valence-electron chi connectivity index (χ2n) is 2.31. The van der Waals surface area contributed by atoms with E-state index in [0.717, 1.165) is 12.4 Å². The van der Waals surface area contributed by atoms with E-state index in [9.17, 15) is 0 Å². The summed E-state index contributed by atoms with van der Waals surface area (Å²) in [7, 11) is 0. The van der Waals surface area contributed by atoms with Gasteiger partial charge in [-0.1, -0.05) is 0 Å². The molecule has 1 fully saturated rings. The lowest BCUT2D eigenvalue weighted by Gasteiger charge is -1.78. The molecule has 0 N–H and O–H groups in total. The van der Waals surface area contributed by atoms with E-state index in [1.54, 1.807) is 6.26 Å². The van der Waals surface area contributed by atoms with Gasteiger partial charge >= 0.3 is 0 Å². The highest BCUT2D eigenvalue weighted by Crippen LogP contribution is 2.30. The minimum Gasteiger partial charge on any atom is -0.469 e. The Labute approximate surface area is 53.4 Å². The van der Waals surface area contributed by atoms with E-state index in [1.165, 1.54) is 5.56 Å². The normalized spacial score (nSPS) is 24.3. The van der Waals surface area contributed by atoms with Crippen molar-refractivity contribution in [3.05, 3.63) is 23.7 Å². The Kier molecular flexibility index (Phi) is 0.904. The Bertz CT molecular complexity index is 210.